The molecule has 0 aromatic rings. The molecule has 0 radical (unpaired) electrons. The topological polar surface area (TPSA) is 29.1 Å². The molecule has 17 heavy (non-hydrogen) atoms. The van der Waals surface area contributed by atoms with Crippen molar-refractivity contribution in [1.29, 1.82) is 0 Å². The van der Waals surface area contributed by atoms with Gasteiger partial charge < -0.3 is 5.32 Å². The van der Waals surface area contributed by atoms with Gasteiger partial charge >= 0.3 is 0 Å². The van der Waals surface area contributed by atoms with Crippen LogP contribution in [0.4, 0.5) is 0 Å². The number of amides is 1. The van der Waals surface area contributed by atoms with E-state index in [1.165, 1.54) is 0 Å². The van der Waals surface area contributed by atoms with Gasteiger partial charge in [-0.1, -0.05) is 32.3 Å². The summed E-state index contributed by atoms with van der Waals surface area (Å²) in [5.74, 6) is 8.20. The molecule has 0 fully saturated rings. The van der Waals surface area contributed by atoms with Gasteiger partial charge in [-0.3, -0.25) is 4.79 Å². The van der Waals surface area contributed by atoms with Crippen LogP contribution in [0.15, 0.2) is 12.2 Å². The molecule has 0 aromatic carbocycles. The van der Waals surface area contributed by atoms with Crippen molar-refractivity contribution in [3.63, 3.8) is 0 Å². The minimum atomic E-state index is -0.0139. The molecule has 0 saturated carbocycles. The first-order valence-corrected chi connectivity index (χ1v) is 6.08. The number of rotatable bonds is 7. The number of carbonyl (C=O) groups excluding carboxylic acids is 1. The van der Waals surface area contributed by atoms with Crippen LogP contribution in [0, 0.1) is 30.1 Å². The van der Waals surface area contributed by atoms with Gasteiger partial charge in [-0.2, -0.15) is 0 Å². The molecule has 1 unspecified atom stereocenters. The highest BCUT2D eigenvalue weighted by Gasteiger charge is 1.99. The van der Waals surface area contributed by atoms with Crippen molar-refractivity contribution in [2.45, 2.75) is 39.5 Å². The monoisotopic (exact) mass is 231 g/mol. The van der Waals surface area contributed by atoms with Crippen LogP contribution < -0.4 is 5.32 Å². The number of carbonyl (C=O) groups is 1. The molecule has 0 saturated heterocycles. The zero-order valence-electron chi connectivity index (χ0n) is 10.8. The van der Waals surface area contributed by atoms with Gasteiger partial charge in [-0.25, -0.2) is 0 Å². The molecule has 0 aliphatic heterocycles. The highest BCUT2D eigenvalue weighted by molar-refractivity contribution is 5.87. The van der Waals surface area contributed by atoms with Crippen molar-refractivity contribution in [2.75, 3.05) is 6.54 Å². The maximum atomic E-state index is 11.3. The molecule has 2 heteroatoms. The number of hydrogen-bond acceptors (Lipinski definition) is 1. The quantitative estimate of drug-likeness (QED) is 0.407. The lowest BCUT2D eigenvalue weighted by molar-refractivity contribution is -0.116. The van der Waals surface area contributed by atoms with E-state index in [4.69, 9.17) is 6.42 Å². The fraction of sp³-hybridized carbons (Fsp3) is 0.533. The molecule has 92 valence electrons. The van der Waals surface area contributed by atoms with E-state index < -0.39 is 0 Å². The average Bonchev–Trinajstić information content (AvgIpc) is 2.34. The van der Waals surface area contributed by atoms with Gasteiger partial charge in [0.25, 0.3) is 0 Å². The fourth-order valence-corrected chi connectivity index (χ4v) is 1.09. The third-order valence-electron chi connectivity index (χ3n) is 2.42. The van der Waals surface area contributed by atoms with E-state index in [2.05, 4.69) is 36.9 Å². The molecular formula is C15H21NO. The molecule has 0 spiro atoms. The van der Waals surface area contributed by atoms with Gasteiger partial charge in [0.2, 0.25) is 5.91 Å². The Balaban J connectivity index is 3.57. The van der Waals surface area contributed by atoms with Crippen LogP contribution in [0.2, 0.25) is 0 Å². The number of nitrogens with one attached hydrogen (secondary N) is 1. The van der Waals surface area contributed by atoms with Crippen molar-refractivity contribution < 1.29 is 4.79 Å². The summed E-state index contributed by atoms with van der Waals surface area (Å²) in [6, 6.07) is 0. The third kappa shape index (κ3) is 10.6. The van der Waals surface area contributed by atoms with Crippen LogP contribution in [0.25, 0.3) is 0 Å². The molecule has 0 bridgehead atoms. The van der Waals surface area contributed by atoms with E-state index in [1.807, 2.05) is 6.08 Å². The Morgan fingerprint density at radius 2 is 2.29 bits per heavy atom. The van der Waals surface area contributed by atoms with Gasteiger partial charge in [0.05, 0.1) is 0 Å². The van der Waals surface area contributed by atoms with Crippen molar-refractivity contribution in [3.8, 4) is 24.2 Å². The molecule has 2 nitrogen and oxygen atoms in total. The van der Waals surface area contributed by atoms with Crippen LogP contribution >= 0.6 is 0 Å². The number of terminal acetylenes is 1. The largest absolute Gasteiger partial charge is 0.352 e. The van der Waals surface area contributed by atoms with Crippen LogP contribution in [-0.2, 0) is 4.79 Å². The number of unbranched alkanes of at least 4 members (excludes halogenated alkanes) is 2. The van der Waals surface area contributed by atoms with Crippen molar-refractivity contribution in [3.05, 3.63) is 12.2 Å². The Morgan fingerprint density at radius 1 is 1.53 bits per heavy atom. The predicted octanol–water partition coefficient (Wildman–Crippen LogP) is 2.51. The van der Waals surface area contributed by atoms with Crippen LogP contribution in [0.3, 0.4) is 0 Å². The lowest BCUT2D eigenvalue weighted by Gasteiger charge is -2.07. The first-order valence-electron chi connectivity index (χ1n) is 6.08. The zero-order chi connectivity index (χ0) is 12.9. The van der Waals surface area contributed by atoms with E-state index in [1.54, 1.807) is 6.08 Å². The Morgan fingerprint density at radius 3 is 2.94 bits per heavy atom. The predicted molar refractivity (Wildman–Crippen MR) is 72.1 cm³/mol. The Hall–Kier alpha value is -1.67. The van der Waals surface area contributed by atoms with E-state index in [-0.39, 0.29) is 5.91 Å². The molecule has 0 rings (SSSR count). The maximum absolute atomic E-state index is 11.3. The molecule has 1 N–H and O–H groups in total. The first kappa shape index (κ1) is 15.3. The Labute approximate surface area is 105 Å². The van der Waals surface area contributed by atoms with Crippen molar-refractivity contribution in [1.82, 2.24) is 5.32 Å². The SMILES string of the molecule is C#CC#CCCC/C=C\C(=O)NCC(C)CC. The van der Waals surface area contributed by atoms with Crippen LogP contribution in [-0.4, -0.2) is 12.5 Å². The second-order valence-corrected chi connectivity index (χ2v) is 4.00. The van der Waals surface area contributed by atoms with Gasteiger partial charge in [0.15, 0.2) is 0 Å². The molecule has 0 aliphatic rings. The maximum Gasteiger partial charge on any atom is 0.243 e. The molecule has 0 aromatic heterocycles. The summed E-state index contributed by atoms with van der Waals surface area (Å²) in [5.41, 5.74) is 0. The summed E-state index contributed by atoms with van der Waals surface area (Å²) in [5, 5.41) is 2.86. The van der Waals surface area contributed by atoms with Gasteiger partial charge in [-0.05, 0) is 36.7 Å². The smallest absolute Gasteiger partial charge is 0.243 e. The summed E-state index contributed by atoms with van der Waals surface area (Å²) in [6.45, 7) is 4.98. The highest BCUT2D eigenvalue weighted by Crippen LogP contribution is 1.98. The van der Waals surface area contributed by atoms with Gasteiger partial charge in [-0.15, -0.1) is 6.42 Å². The second kappa shape index (κ2) is 10.8. The fourth-order valence-electron chi connectivity index (χ4n) is 1.09. The Bertz CT molecular complexity index is 338. The lowest BCUT2D eigenvalue weighted by Crippen LogP contribution is -2.26. The van der Waals surface area contributed by atoms with Gasteiger partial charge in [0.1, 0.15) is 0 Å². The summed E-state index contributed by atoms with van der Waals surface area (Å²) in [6.07, 6.45) is 12.1. The summed E-state index contributed by atoms with van der Waals surface area (Å²) < 4.78 is 0. The first-order chi connectivity index (χ1) is 8.20. The van der Waals surface area contributed by atoms with E-state index in [0.29, 0.717) is 5.92 Å². The molecule has 0 aliphatic carbocycles. The third-order valence-corrected chi connectivity index (χ3v) is 2.42. The zero-order valence-corrected chi connectivity index (χ0v) is 10.8. The molecular weight excluding hydrogens is 210 g/mol. The number of allylic oxidation sites excluding steroid dienone is 1. The molecule has 0 heterocycles. The van der Waals surface area contributed by atoms with Crippen LogP contribution in [0.5, 0.6) is 0 Å². The minimum absolute atomic E-state index is 0.0139. The summed E-state index contributed by atoms with van der Waals surface area (Å²) in [4.78, 5) is 11.3. The lowest BCUT2D eigenvalue weighted by atomic mass is 10.1. The second-order valence-electron chi connectivity index (χ2n) is 4.00. The summed E-state index contributed by atoms with van der Waals surface area (Å²) in [7, 11) is 0. The number of hydrogen-bond donors (Lipinski definition) is 1. The van der Waals surface area contributed by atoms with E-state index in [9.17, 15) is 4.79 Å². The molecule has 1 atom stereocenters. The highest BCUT2D eigenvalue weighted by atomic mass is 16.1. The Kier molecular flexibility index (Phi) is 9.77. The standard InChI is InChI=1S/C15H21NO/c1-4-6-7-8-9-10-11-12-15(17)16-13-14(3)5-2/h1,11-12,14H,5,8-10,13H2,2-3H3,(H,16,17)/b12-11-. The normalized spacial score (nSPS) is 11.4. The minimum Gasteiger partial charge on any atom is -0.352 e. The van der Waals surface area contributed by atoms with Crippen LogP contribution in [0.1, 0.15) is 39.5 Å². The van der Waals surface area contributed by atoms with Gasteiger partial charge in [0, 0.05) is 13.0 Å². The molecule has 1 amide bonds. The average molecular weight is 231 g/mol. The summed E-state index contributed by atoms with van der Waals surface area (Å²) >= 11 is 0. The van der Waals surface area contributed by atoms with E-state index in [0.717, 1.165) is 32.2 Å². The van der Waals surface area contributed by atoms with Crippen molar-refractivity contribution in [2.24, 2.45) is 5.92 Å². The van der Waals surface area contributed by atoms with Crippen molar-refractivity contribution >= 4 is 5.91 Å². The van der Waals surface area contributed by atoms with E-state index >= 15 is 0 Å².